The van der Waals surface area contributed by atoms with Crippen LogP contribution in [0.2, 0.25) is 0 Å². The van der Waals surface area contributed by atoms with Crippen molar-refractivity contribution in [2.24, 2.45) is 11.8 Å². The number of rotatable bonds is 10. The van der Waals surface area contributed by atoms with E-state index in [1.165, 1.54) is 11.0 Å². The van der Waals surface area contributed by atoms with Crippen LogP contribution in [0.3, 0.4) is 0 Å². The Kier molecular flexibility index (Phi) is 7.66. The molecule has 3 saturated heterocycles. The number of para-hydroxylation sites is 1. The lowest BCUT2D eigenvalue weighted by Crippen LogP contribution is -2.57. The number of hydrogen-bond acceptors (Lipinski definition) is 6. The highest BCUT2D eigenvalue weighted by molar-refractivity contribution is 6.05. The fraction of sp³-hybridized carbons (Fsp3) is 0.406. The molecule has 0 aromatic heterocycles. The number of fused-ring (bicyclic) bond motifs is 1. The van der Waals surface area contributed by atoms with Crippen LogP contribution in [-0.4, -0.2) is 65.3 Å². The molecular formula is C32H36N2O6. The van der Waals surface area contributed by atoms with Gasteiger partial charge in [-0.05, 0) is 43.4 Å². The van der Waals surface area contributed by atoms with Gasteiger partial charge in [-0.3, -0.25) is 14.4 Å². The van der Waals surface area contributed by atoms with Gasteiger partial charge in [-0.25, -0.2) is 0 Å². The first-order valence-electron chi connectivity index (χ1n) is 13.7. The molecule has 40 heavy (non-hydrogen) atoms. The molecular weight excluding hydrogens is 508 g/mol. The van der Waals surface area contributed by atoms with E-state index >= 15 is 0 Å². The lowest BCUT2D eigenvalue weighted by Gasteiger charge is -2.40. The van der Waals surface area contributed by atoms with Crippen LogP contribution in [0.5, 0.6) is 0 Å². The van der Waals surface area contributed by atoms with Gasteiger partial charge in [0.1, 0.15) is 18.2 Å². The molecule has 8 heteroatoms. The first-order chi connectivity index (χ1) is 19.3. The summed E-state index contributed by atoms with van der Waals surface area (Å²) in [5, 5.41) is 10.6. The van der Waals surface area contributed by atoms with Crippen LogP contribution in [0.25, 0.3) is 0 Å². The molecule has 1 spiro atoms. The van der Waals surface area contributed by atoms with Crippen molar-refractivity contribution in [3.8, 4) is 0 Å². The molecule has 2 aromatic carbocycles. The predicted octanol–water partition coefficient (Wildman–Crippen LogP) is 3.66. The third kappa shape index (κ3) is 4.26. The molecule has 2 amide bonds. The third-order valence-corrected chi connectivity index (χ3v) is 8.57. The molecule has 0 aliphatic carbocycles. The summed E-state index contributed by atoms with van der Waals surface area (Å²) in [5.41, 5.74) is 2.02. The summed E-state index contributed by atoms with van der Waals surface area (Å²) in [6.07, 6.45) is 3.57. The second-order valence-corrected chi connectivity index (χ2v) is 10.8. The van der Waals surface area contributed by atoms with E-state index in [-0.39, 0.29) is 25.0 Å². The van der Waals surface area contributed by atoms with Gasteiger partial charge in [0, 0.05) is 12.2 Å². The molecule has 6 atom stereocenters. The summed E-state index contributed by atoms with van der Waals surface area (Å²) in [7, 11) is 0. The molecule has 2 aromatic rings. The highest BCUT2D eigenvalue weighted by Crippen LogP contribution is 2.60. The maximum Gasteiger partial charge on any atom is 0.312 e. The lowest BCUT2D eigenvalue weighted by atomic mass is 9.70. The average molecular weight is 545 g/mol. The van der Waals surface area contributed by atoms with Crippen molar-refractivity contribution in [1.29, 1.82) is 0 Å². The number of esters is 1. The van der Waals surface area contributed by atoms with E-state index in [1.54, 1.807) is 11.0 Å². The number of anilines is 1. The van der Waals surface area contributed by atoms with Crippen molar-refractivity contribution in [2.75, 3.05) is 24.7 Å². The van der Waals surface area contributed by atoms with E-state index in [4.69, 9.17) is 9.47 Å². The summed E-state index contributed by atoms with van der Waals surface area (Å²) in [4.78, 5) is 45.6. The van der Waals surface area contributed by atoms with E-state index in [0.29, 0.717) is 18.4 Å². The van der Waals surface area contributed by atoms with Gasteiger partial charge in [0.05, 0.1) is 30.6 Å². The number of ether oxygens (including phenoxy) is 2. The summed E-state index contributed by atoms with van der Waals surface area (Å²) in [6.45, 7) is 11.2. The van der Waals surface area contributed by atoms with Crippen LogP contribution < -0.4 is 4.90 Å². The summed E-state index contributed by atoms with van der Waals surface area (Å²) in [5.74, 6) is -2.99. The number of amides is 2. The van der Waals surface area contributed by atoms with Gasteiger partial charge in [-0.1, -0.05) is 67.3 Å². The maximum absolute atomic E-state index is 14.8. The molecule has 2 bridgehead atoms. The number of carbonyl (C=O) groups excluding carboxylic acids is 3. The Hall–Kier alpha value is -3.75. The molecule has 210 valence electrons. The van der Waals surface area contributed by atoms with Gasteiger partial charge >= 0.3 is 5.97 Å². The largest absolute Gasteiger partial charge is 0.461 e. The zero-order chi connectivity index (χ0) is 28.6. The van der Waals surface area contributed by atoms with Crippen LogP contribution in [0.4, 0.5) is 5.69 Å². The second-order valence-electron chi connectivity index (χ2n) is 10.8. The maximum atomic E-state index is 14.8. The van der Waals surface area contributed by atoms with Crippen molar-refractivity contribution in [1.82, 2.24) is 4.90 Å². The average Bonchev–Trinajstić information content (AvgIpc) is 3.59. The van der Waals surface area contributed by atoms with E-state index in [9.17, 15) is 19.5 Å². The lowest BCUT2D eigenvalue weighted by molar-refractivity contribution is -0.154. The minimum atomic E-state index is -1.23. The van der Waals surface area contributed by atoms with E-state index in [0.717, 1.165) is 16.8 Å². The van der Waals surface area contributed by atoms with Crippen LogP contribution in [-0.2, 0) is 23.9 Å². The van der Waals surface area contributed by atoms with E-state index in [1.807, 2.05) is 62.4 Å². The third-order valence-electron chi connectivity index (χ3n) is 8.57. The molecule has 1 N–H and O–H groups in total. The predicted molar refractivity (Wildman–Crippen MR) is 150 cm³/mol. The smallest absolute Gasteiger partial charge is 0.312 e. The minimum Gasteiger partial charge on any atom is -0.461 e. The summed E-state index contributed by atoms with van der Waals surface area (Å²) in [6, 6.07) is 13.1. The number of carbonyl (C=O) groups is 3. The first-order valence-corrected chi connectivity index (χ1v) is 13.7. The van der Waals surface area contributed by atoms with Crippen molar-refractivity contribution in [3.63, 3.8) is 0 Å². The Morgan fingerprint density at radius 3 is 2.48 bits per heavy atom. The van der Waals surface area contributed by atoms with Gasteiger partial charge < -0.3 is 24.4 Å². The Bertz CT molecular complexity index is 1310. The Morgan fingerprint density at radius 2 is 1.85 bits per heavy atom. The number of aryl methyl sites for hydroxylation is 2. The van der Waals surface area contributed by atoms with Gasteiger partial charge in [-0.2, -0.15) is 0 Å². The first kappa shape index (κ1) is 27.8. The van der Waals surface area contributed by atoms with Gasteiger partial charge in [0.15, 0.2) is 0 Å². The van der Waals surface area contributed by atoms with Crippen molar-refractivity contribution < 1.29 is 29.0 Å². The number of benzene rings is 2. The number of aliphatic hydroxyl groups excluding tert-OH is 1. The van der Waals surface area contributed by atoms with Gasteiger partial charge in [-0.15, -0.1) is 6.58 Å². The molecule has 0 radical (unpaired) electrons. The SMILES string of the molecule is C=CCOC(=O)[C@@H]1[C@@H]2CCC3(O2)C(C(=O)N(CC=C)c2c(C)cccc2C)N([C@H](CO)c2ccccc2)C(=O)[C@H]13. The fourth-order valence-corrected chi connectivity index (χ4v) is 7.04. The van der Waals surface area contributed by atoms with Crippen molar-refractivity contribution in [2.45, 2.75) is 50.5 Å². The summed E-state index contributed by atoms with van der Waals surface area (Å²) < 4.78 is 11.9. The Morgan fingerprint density at radius 1 is 1.15 bits per heavy atom. The second kappa shape index (κ2) is 11.0. The Labute approximate surface area is 234 Å². The van der Waals surface area contributed by atoms with E-state index < -0.39 is 48.2 Å². The fourth-order valence-electron chi connectivity index (χ4n) is 7.04. The van der Waals surface area contributed by atoms with Crippen LogP contribution in [0, 0.1) is 25.7 Å². The zero-order valence-electron chi connectivity index (χ0n) is 23.0. The number of nitrogens with zero attached hydrogens (tertiary/aromatic N) is 2. The number of aliphatic hydroxyl groups is 1. The number of hydrogen-bond donors (Lipinski definition) is 1. The van der Waals surface area contributed by atoms with Crippen LogP contribution in [0.1, 0.15) is 35.6 Å². The van der Waals surface area contributed by atoms with Gasteiger partial charge in [0.2, 0.25) is 5.91 Å². The molecule has 0 saturated carbocycles. The normalized spacial score (nSPS) is 27.3. The monoisotopic (exact) mass is 544 g/mol. The standard InChI is InChI=1S/C32H36N2O6/c1-5-17-33(27-20(3)11-10-12-21(27)4)30(37)28-32-16-15-24(40-32)25(31(38)39-18-6-2)26(32)29(36)34(28)23(19-35)22-13-8-7-9-14-22/h5-14,23-26,28,35H,1-2,15-19H2,3-4H3/t23-,24+,25-,26+,28?,32?/m1/s1. The molecule has 3 aliphatic rings. The number of likely N-dealkylation sites (tertiary alicyclic amines) is 1. The molecule has 5 rings (SSSR count). The summed E-state index contributed by atoms with van der Waals surface area (Å²) >= 11 is 0. The van der Waals surface area contributed by atoms with Gasteiger partial charge in [0.25, 0.3) is 5.91 Å². The molecule has 3 aliphatic heterocycles. The quantitative estimate of drug-likeness (QED) is 0.362. The Balaban J connectivity index is 1.66. The molecule has 2 unspecified atom stereocenters. The van der Waals surface area contributed by atoms with E-state index in [2.05, 4.69) is 13.2 Å². The zero-order valence-corrected chi connectivity index (χ0v) is 23.0. The van der Waals surface area contributed by atoms with Crippen LogP contribution >= 0.6 is 0 Å². The van der Waals surface area contributed by atoms with Crippen molar-refractivity contribution in [3.05, 3.63) is 90.5 Å². The van der Waals surface area contributed by atoms with Crippen LogP contribution in [0.15, 0.2) is 73.8 Å². The molecule has 8 nitrogen and oxygen atoms in total. The van der Waals surface area contributed by atoms with Crippen molar-refractivity contribution >= 4 is 23.5 Å². The minimum absolute atomic E-state index is 0.0188. The topological polar surface area (TPSA) is 96.4 Å². The molecule has 3 heterocycles. The molecule has 3 fully saturated rings. The highest BCUT2D eigenvalue weighted by atomic mass is 16.6. The highest BCUT2D eigenvalue weighted by Gasteiger charge is 2.75.